The van der Waals surface area contributed by atoms with Gasteiger partial charge in [0.1, 0.15) is 0 Å². The molecule has 0 aliphatic heterocycles. The van der Waals surface area contributed by atoms with Crippen LogP contribution in [0.2, 0.25) is 0 Å². The Hall–Kier alpha value is -0.870. The van der Waals surface area contributed by atoms with Gasteiger partial charge in [0.05, 0.1) is 12.4 Å². The van der Waals surface area contributed by atoms with Crippen LogP contribution in [0.5, 0.6) is 0 Å². The summed E-state index contributed by atoms with van der Waals surface area (Å²) in [5.41, 5.74) is 0.873. The van der Waals surface area contributed by atoms with Crippen LogP contribution in [-0.4, -0.2) is 14.2 Å². The minimum atomic E-state index is -3.34. The summed E-state index contributed by atoms with van der Waals surface area (Å²) in [6.07, 6.45) is 1.51. The maximum atomic E-state index is 11.3. The summed E-state index contributed by atoms with van der Waals surface area (Å²) in [4.78, 5) is 0. The van der Waals surface area contributed by atoms with E-state index in [-0.39, 0.29) is 12.4 Å². The Morgan fingerprint density at radius 1 is 1.20 bits per heavy atom. The second-order valence-electron chi connectivity index (χ2n) is 3.36. The van der Waals surface area contributed by atoms with Crippen LogP contribution in [0, 0.1) is 0 Å². The average Bonchev–Trinajstić information content (AvgIpc) is 2.25. The number of hydrogen-bond donors (Lipinski definition) is 0. The Labute approximate surface area is 91.2 Å². The molecule has 0 aliphatic carbocycles. The lowest BCUT2D eigenvalue weighted by Gasteiger charge is -2.04. The van der Waals surface area contributed by atoms with E-state index in [0.29, 0.717) is 6.42 Å². The van der Waals surface area contributed by atoms with Gasteiger partial charge < -0.3 is 0 Å². The second-order valence-corrected chi connectivity index (χ2v) is 5.12. The highest BCUT2D eigenvalue weighted by Crippen LogP contribution is 2.05. The van der Waals surface area contributed by atoms with Crippen LogP contribution in [0.3, 0.4) is 0 Å². The van der Waals surface area contributed by atoms with Crippen molar-refractivity contribution in [2.24, 2.45) is 0 Å². The minimum absolute atomic E-state index is 0.107. The molecule has 15 heavy (non-hydrogen) atoms. The fourth-order valence-electron chi connectivity index (χ4n) is 1.11. The van der Waals surface area contributed by atoms with Gasteiger partial charge in [-0.2, -0.15) is 8.42 Å². The lowest BCUT2D eigenvalue weighted by molar-refractivity contribution is 0.307. The molecule has 0 heterocycles. The predicted octanol–water partition coefficient (Wildman–Crippen LogP) is 2.33. The van der Waals surface area contributed by atoms with Crippen molar-refractivity contribution in [3.05, 3.63) is 35.9 Å². The summed E-state index contributed by atoms with van der Waals surface area (Å²) in [6.45, 7) is 2.08. The molecule has 0 amide bonds. The van der Waals surface area contributed by atoms with Crippen molar-refractivity contribution in [2.45, 2.75) is 26.4 Å². The summed E-state index contributed by atoms with van der Waals surface area (Å²) in [5, 5.41) is 0. The van der Waals surface area contributed by atoms with Crippen molar-refractivity contribution >= 4 is 10.1 Å². The Morgan fingerprint density at radius 3 is 2.47 bits per heavy atom. The van der Waals surface area contributed by atoms with Gasteiger partial charge in [0.25, 0.3) is 10.1 Å². The molecule has 4 heteroatoms. The molecule has 0 aliphatic rings. The molecule has 0 atom stereocenters. The SMILES string of the molecule is CCCCS(=O)(=O)OCc1ccccc1. The van der Waals surface area contributed by atoms with E-state index in [0.717, 1.165) is 12.0 Å². The monoisotopic (exact) mass is 228 g/mol. The van der Waals surface area contributed by atoms with Crippen LogP contribution < -0.4 is 0 Å². The van der Waals surface area contributed by atoms with Crippen LogP contribution in [0.25, 0.3) is 0 Å². The number of unbranched alkanes of at least 4 members (excludes halogenated alkanes) is 1. The molecule has 0 fully saturated rings. The molecule has 1 aromatic rings. The van der Waals surface area contributed by atoms with E-state index < -0.39 is 10.1 Å². The van der Waals surface area contributed by atoms with E-state index in [1.165, 1.54) is 0 Å². The van der Waals surface area contributed by atoms with Gasteiger partial charge in [-0.3, -0.25) is 4.18 Å². The first-order valence-electron chi connectivity index (χ1n) is 5.05. The van der Waals surface area contributed by atoms with E-state index in [1.807, 2.05) is 37.3 Å². The fourth-order valence-corrected chi connectivity index (χ4v) is 2.19. The van der Waals surface area contributed by atoms with Gasteiger partial charge in [-0.25, -0.2) is 0 Å². The number of hydrogen-bond acceptors (Lipinski definition) is 3. The summed E-state index contributed by atoms with van der Waals surface area (Å²) >= 11 is 0. The Bertz CT molecular complexity index is 370. The van der Waals surface area contributed by atoms with Crippen molar-refractivity contribution in [1.82, 2.24) is 0 Å². The van der Waals surface area contributed by atoms with Gasteiger partial charge in [0, 0.05) is 0 Å². The second kappa shape index (κ2) is 5.88. The fraction of sp³-hybridized carbons (Fsp3) is 0.455. The molecule has 1 aromatic carbocycles. The first-order valence-corrected chi connectivity index (χ1v) is 6.63. The molecule has 0 spiro atoms. The minimum Gasteiger partial charge on any atom is -0.265 e. The number of rotatable bonds is 6. The lowest BCUT2D eigenvalue weighted by Crippen LogP contribution is -2.10. The average molecular weight is 228 g/mol. The summed E-state index contributed by atoms with van der Waals surface area (Å²) in [7, 11) is -3.34. The van der Waals surface area contributed by atoms with Crippen molar-refractivity contribution in [2.75, 3.05) is 5.75 Å². The van der Waals surface area contributed by atoms with E-state index in [4.69, 9.17) is 4.18 Å². The van der Waals surface area contributed by atoms with E-state index >= 15 is 0 Å². The van der Waals surface area contributed by atoms with Gasteiger partial charge >= 0.3 is 0 Å². The molecule has 0 N–H and O–H groups in total. The van der Waals surface area contributed by atoms with Crippen molar-refractivity contribution < 1.29 is 12.6 Å². The van der Waals surface area contributed by atoms with Gasteiger partial charge in [-0.1, -0.05) is 43.7 Å². The van der Waals surface area contributed by atoms with E-state index in [2.05, 4.69) is 0 Å². The molecule has 1 rings (SSSR count). The summed E-state index contributed by atoms with van der Waals surface area (Å²) < 4.78 is 27.6. The maximum Gasteiger partial charge on any atom is 0.267 e. The standard InChI is InChI=1S/C11H16O3S/c1-2-3-9-15(12,13)14-10-11-7-5-4-6-8-11/h4-8H,2-3,9-10H2,1H3. The van der Waals surface area contributed by atoms with Gasteiger partial charge in [0.15, 0.2) is 0 Å². The molecule has 0 saturated carbocycles. The van der Waals surface area contributed by atoms with Crippen molar-refractivity contribution in [1.29, 1.82) is 0 Å². The molecular formula is C11H16O3S. The molecule has 0 saturated heterocycles. The molecule has 0 bridgehead atoms. The highest BCUT2D eigenvalue weighted by atomic mass is 32.2. The summed E-state index contributed by atoms with van der Waals surface area (Å²) in [5.74, 6) is 0.107. The zero-order valence-electron chi connectivity index (χ0n) is 8.85. The zero-order valence-corrected chi connectivity index (χ0v) is 9.66. The van der Waals surface area contributed by atoms with E-state index in [1.54, 1.807) is 0 Å². The molecule has 0 radical (unpaired) electrons. The van der Waals surface area contributed by atoms with Crippen LogP contribution in [0.15, 0.2) is 30.3 Å². The van der Waals surface area contributed by atoms with Crippen LogP contribution in [0.4, 0.5) is 0 Å². The third-order valence-corrected chi connectivity index (χ3v) is 3.26. The zero-order chi connectivity index (χ0) is 11.1. The highest BCUT2D eigenvalue weighted by Gasteiger charge is 2.09. The first kappa shape index (κ1) is 12.2. The molecule has 0 aromatic heterocycles. The molecule has 0 unspecified atom stereocenters. The van der Waals surface area contributed by atoms with Crippen molar-refractivity contribution in [3.63, 3.8) is 0 Å². The Kier molecular flexibility index (Phi) is 4.78. The quantitative estimate of drug-likeness (QED) is 0.702. The first-order chi connectivity index (χ1) is 7.14. The van der Waals surface area contributed by atoms with Crippen LogP contribution >= 0.6 is 0 Å². The smallest absolute Gasteiger partial charge is 0.265 e. The maximum absolute atomic E-state index is 11.3. The van der Waals surface area contributed by atoms with Crippen LogP contribution in [0.1, 0.15) is 25.3 Å². The largest absolute Gasteiger partial charge is 0.267 e. The van der Waals surface area contributed by atoms with Crippen molar-refractivity contribution in [3.8, 4) is 0 Å². The molecule has 84 valence electrons. The topological polar surface area (TPSA) is 43.4 Å². The molecule has 3 nitrogen and oxygen atoms in total. The third-order valence-electron chi connectivity index (χ3n) is 2.00. The third kappa shape index (κ3) is 4.95. The van der Waals surface area contributed by atoms with Gasteiger partial charge in [-0.05, 0) is 12.0 Å². The van der Waals surface area contributed by atoms with Crippen LogP contribution in [-0.2, 0) is 20.9 Å². The molecular weight excluding hydrogens is 212 g/mol. The van der Waals surface area contributed by atoms with Gasteiger partial charge in [0.2, 0.25) is 0 Å². The predicted molar refractivity (Wildman–Crippen MR) is 59.9 cm³/mol. The lowest BCUT2D eigenvalue weighted by atomic mass is 10.2. The van der Waals surface area contributed by atoms with Gasteiger partial charge in [-0.15, -0.1) is 0 Å². The van der Waals surface area contributed by atoms with E-state index in [9.17, 15) is 8.42 Å². The number of benzene rings is 1. The Morgan fingerprint density at radius 2 is 1.87 bits per heavy atom. The summed E-state index contributed by atoms with van der Waals surface area (Å²) in [6, 6.07) is 9.29. The normalized spacial score (nSPS) is 11.5. The highest BCUT2D eigenvalue weighted by molar-refractivity contribution is 7.86. The Balaban J connectivity index is 2.43.